The van der Waals surface area contributed by atoms with E-state index in [0.717, 1.165) is 11.3 Å². The van der Waals surface area contributed by atoms with Gasteiger partial charge in [0.2, 0.25) is 5.13 Å². The second-order valence-electron chi connectivity index (χ2n) is 4.05. The third-order valence-corrected chi connectivity index (χ3v) is 2.51. The van der Waals surface area contributed by atoms with Gasteiger partial charge in [0.05, 0.1) is 0 Å². The van der Waals surface area contributed by atoms with Crippen molar-refractivity contribution in [2.45, 2.75) is 39.7 Å². The van der Waals surface area contributed by atoms with Crippen molar-refractivity contribution in [2.75, 3.05) is 0 Å². The first-order valence-electron chi connectivity index (χ1n) is 4.80. The molecular formula is C10H15N2O2S. The van der Waals surface area contributed by atoms with Crippen molar-refractivity contribution in [2.24, 2.45) is 0 Å². The van der Waals surface area contributed by atoms with Gasteiger partial charge in [0.1, 0.15) is 5.60 Å². The van der Waals surface area contributed by atoms with Crippen molar-refractivity contribution in [3.63, 3.8) is 0 Å². The van der Waals surface area contributed by atoms with Crippen LogP contribution < -0.4 is 5.32 Å². The highest BCUT2D eigenvalue weighted by Gasteiger charge is 2.18. The standard InChI is InChI=1S/C10H15N2O2S/c1-5-7-6-11-8(15-7)12-9(13)14-10(2,3)4/h6H,5H2,1-4H3. The molecule has 1 heterocycles. The maximum atomic E-state index is 11.3. The molecule has 1 amide bonds. The Morgan fingerprint density at radius 1 is 1.60 bits per heavy atom. The van der Waals surface area contributed by atoms with Gasteiger partial charge in [0, 0.05) is 11.1 Å². The molecule has 0 saturated carbocycles. The molecule has 0 spiro atoms. The van der Waals surface area contributed by atoms with Gasteiger partial charge in [-0.25, -0.2) is 9.78 Å². The van der Waals surface area contributed by atoms with E-state index in [4.69, 9.17) is 4.74 Å². The molecule has 15 heavy (non-hydrogen) atoms. The molecule has 0 fully saturated rings. The molecule has 0 saturated heterocycles. The second kappa shape index (κ2) is 4.61. The highest BCUT2D eigenvalue weighted by atomic mass is 32.1. The lowest BCUT2D eigenvalue weighted by atomic mass is 10.2. The van der Waals surface area contributed by atoms with Crippen LogP contribution in [0.5, 0.6) is 0 Å². The van der Waals surface area contributed by atoms with Gasteiger partial charge in [-0.05, 0) is 27.2 Å². The number of hydrogen-bond acceptors (Lipinski definition) is 4. The Labute approximate surface area is 93.7 Å². The second-order valence-corrected chi connectivity index (χ2v) is 5.15. The minimum Gasteiger partial charge on any atom is -0.442 e. The molecule has 0 N–H and O–H groups in total. The summed E-state index contributed by atoms with van der Waals surface area (Å²) in [6.45, 7) is 7.45. The van der Waals surface area contributed by atoms with E-state index in [9.17, 15) is 4.79 Å². The monoisotopic (exact) mass is 227 g/mol. The number of hydrogen-bond donors (Lipinski definition) is 0. The highest BCUT2D eigenvalue weighted by Crippen LogP contribution is 2.19. The van der Waals surface area contributed by atoms with Gasteiger partial charge < -0.3 is 4.74 Å². The predicted octanol–water partition coefficient (Wildman–Crippen LogP) is 2.88. The molecule has 1 aromatic rings. The number of aryl methyl sites for hydroxylation is 1. The quantitative estimate of drug-likeness (QED) is 0.780. The maximum absolute atomic E-state index is 11.3. The molecule has 1 radical (unpaired) electrons. The number of aromatic nitrogens is 1. The molecule has 0 unspecified atom stereocenters. The van der Waals surface area contributed by atoms with Gasteiger partial charge in [-0.15, -0.1) is 5.32 Å². The van der Waals surface area contributed by atoms with Crippen molar-refractivity contribution >= 4 is 22.6 Å². The van der Waals surface area contributed by atoms with Crippen molar-refractivity contribution in [1.29, 1.82) is 0 Å². The van der Waals surface area contributed by atoms with Gasteiger partial charge in [0.15, 0.2) is 0 Å². The number of rotatable bonds is 2. The van der Waals surface area contributed by atoms with Crippen LogP contribution in [0, 0.1) is 0 Å². The lowest BCUT2D eigenvalue weighted by molar-refractivity contribution is 0.0550. The summed E-state index contributed by atoms with van der Waals surface area (Å²) in [5.41, 5.74) is -0.509. The first-order chi connectivity index (χ1) is 6.90. The van der Waals surface area contributed by atoms with E-state index in [1.807, 2.05) is 6.92 Å². The average molecular weight is 227 g/mol. The molecule has 0 aliphatic rings. The Balaban J connectivity index is 2.51. The molecule has 0 atom stereocenters. The molecule has 0 aliphatic carbocycles. The predicted molar refractivity (Wildman–Crippen MR) is 59.5 cm³/mol. The summed E-state index contributed by atoms with van der Waals surface area (Å²) in [6.07, 6.45) is 2.05. The number of thiazole rings is 1. The van der Waals surface area contributed by atoms with Crippen LogP contribution in [0.25, 0.3) is 0 Å². The lowest BCUT2D eigenvalue weighted by Crippen LogP contribution is -2.26. The van der Waals surface area contributed by atoms with Crippen LogP contribution in [0.2, 0.25) is 0 Å². The summed E-state index contributed by atoms with van der Waals surface area (Å²) in [6, 6.07) is 0. The largest absolute Gasteiger partial charge is 0.442 e. The third kappa shape index (κ3) is 4.29. The summed E-state index contributed by atoms with van der Waals surface area (Å²) >= 11 is 1.41. The molecule has 0 aliphatic heterocycles. The van der Waals surface area contributed by atoms with Crippen molar-refractivity contribution in [1.82, 2.24) is 10.3 Å². The van der Waals surface area contributed by atoms with Gasteiger partial charge >= 0.3 is 6.09 Å². The normalized spacial score (nSPS) is 11.2. The number of carbonyl (C=O) groups is 1. The number of ether oxygens (including phenoxy) is 1. The summed E-state index contributed by atoms with van der Waals surface area (Å²) in [7, 11) is 0. The Bertz CT molecular complexity index is 341. The topological polar surface area (TPSA) is 53.3 Å². The zero-order chi connectivity index (χ0) is 11.5. The third-order valence-electron chi connectivity index (χ3n) is 1.47. The minimum atomic E-state index is -0.584. The summed E-state index contributed by atoms with van der Waals surface area (Å²) in [5, 5.41) is 4.22. The first kappa shape index (κ1) is 12.0. The van der Waals surface area contributed by atoms with Crippen molar-refractivity contribution in [3.05, 3.63) is 11.1 Å². The minimum absolute atomic E-state index is 0.459. The van der Waals surface area contributed by atoms with Crippen LogP contribution in [0.3, 0.4) is 0 Å². The van der Waals surface area contributed by atoms with E-state index in [2.05, 4.69) is 10.3 Å². The van der Waals surface area contributed by atoms with Crippen LogP contribution in [-0.4, -0.2) is 16.7 Å². The average Bonchev–Trinajstić information content (AvgIpc) is 2.48. The Hall–Kier alpha value is -1.10. The molecule has 1 rings (SSSR count). The summed E-state index contributed by atoms with van der Waals surface area (Å²) < 4.78 is 5.05. The Kier molecular flexibility index (Phi) is 3.68. The fraction of sp³-hybridized carbons (Fsp3) is 0.600. The summed E-state index contributed by atoms with van der Waals surface area (Å²) in [4.78, 5) is 16.4. The molecule has 83 valence electrons. The molecule has 4 nitrogen and oxygen atoms in total. The van der Waals surface area contributed by atoms with E-state index in [1.54, 1.807) is 27.0 Å². The Morgan fingerprint density at radius 3 is 2.73 bits per heavy atom. The fourth-order valence-electron chi connectivity index (χ4n) is 0.875. The number of amides is 1. The van der Waals surface area contributed by atoms with Crippen molar-refractivity contribution < 1.29 is 9.53 Å². The SMILES string of the molecule is CCc1cnc([N]C(=O)OC(C)(C)C)s1. The first-order valence-corrected chi connectivity index (χ1v) is 5.62. The molecule has 5 heteroatoms. The van der Waals surface area contributed by atoms with E-state index in [0.29, 0.717) is 5.13 Å². The van der Waals surface area contributed by atoms with Crippen LogP contribution in [-0.2, 0) is 11.2 Å². The van der Waals surface area contributed by atoms with Crippen LogP contribution in [0.15, 0.2) is 6.20 Å². The number of nitrogens with zero attached hydrogens (tertiary/aromatic N) is 2. The Morgan fingerprint density at radius 2 is 2.27 bits per heavy atom. The molecule has 0 aromatic carbocycles. The van der Waals surface area contributed by atoms with Gasteiger partial charge in [-0.3, -0.25) is 0 Å². The lowest BCUT2D eigenvalue weighted by Gasteiger charge is -2.17. The van der Waals surface area contributed by atoms with E-state index in [1.165, 1.54) is 11.3 Å². The van der Waals surface area contributed by atoms with Gasteiger partial charge in [0.25, 0.3) is 0 Å². The van der Waals surface area contributed by atoms with E-state index >= 15 is 0 Å². The summed E-state index contributed by atoms with van der Waals surface area (Å²) in [5.74, 6) is 0. The zero-order valence-electron chi connectivity index (χ0n) is 9.40. The van der Waals surface area contributed by atoms with Crippen LogP contribution in [0.4, 0.5) is 9.93 Å². The van der Waals surface area contributed by atoms with Gasteiger partial charge in [-0.2, -0.15) is 0 Å². The zero-order valence-corrected chi connectivity index (χ0v) is 10.2. The maximum Gasteiger partial charge on any atom is 0.436 e. The van der Waals surface area contributed by atoms with Gasteiger partial charge in [-0.1, -0.05) is 18.3 Å². The number of carbonyl (C=O) groups excluding carboxylic acids is 1. The fourth-order valence-corrected chi connectivity index (χ4v) is 1.59. The highest BCUT2D eigenvalue weighted by molar-refractivity contribution is 7.15. The van der Waals surface area contributed by atoms with Crippen LogP contribution in [0.1, 0.15) is 32.6 Å². The smallest absolute Gasteiger partial charge is 0.436 e. The molecular weight excluding hydrogens is 212 g/mol. The molecule has 1 aromatic heterocycles. The van der Waals surface area contributed by atoms with E-state index < -0.39 is 11.7 Å². The van der Waals surface area contributed by atoms with Crippen molar-refractivity contribution in [3.8, 4) is 0 Å². The molecule has 0 bridgehead atoms. The van der Waals surface area contributed by atoms with Crippen LogP contribution >= 0.6 is 11.3 Å². The van der Waals surface area contributed by atoms with E-state index in [-0.39, 0.29) is 0 Å².